The van der Waals surface area contributed by atoms with Crippen molar-refractivity contribution in [2.75, 3.05) is 0 Å². The van der Waals surface area contributed by atoms with E-state index >= 15 is 0 Å². The molecule has 0 aliphatic carbocycles. The highest BCUT2D eigenvalue weighted by Gasteiger charge is 2.08. The zero-order valence-corrected chi connectivity index (χ0v) is 10.0. The van der Waals surface area contributed by atoms with E-state index < -0.39 is 0 Å². The van der Waals surface area contributed by atoms with Gasteiger partial charge in [0.1, 0.15) is 29.4 Å². The highest BCUT2D eigenvalue weighted by Crippen LogP contribution is 2.29. The van der Waals surface area contributed by atoms with Gasteiger partial charge in [0.05, 0.1) is 5.02 Å². The van der Waals surface area contributed by atoms with Crippen molar-refractivity contribution < 1.29 is 9.53 Å². The molecular formula is C14H8ClNO2. The Balaban J connectivity index is 2.37. The summed E-state index contributed by atoms with van der Waals surface area (Å²) < 4.78 is 5.56. The van der Waals surface area contributed by atoms with Crippen molar-refractivity contribution in [1.29, 1.82) is 5.26 Å². The van der Waals surface area contributed by atoms with Gasteiger partial charge in [0.15, 0.2) is 0 Å². The molecule has 0 atom stereocenters. The van der Waals surface area contributed by atoms with E-state index in [2.05, 4.69) is 0 Å². The van der Waals surface area contributed by atoms with Crippen LogP contribution in [0.2, 0.25) is 5.02 Å². The molecule has 0 aliphatic heterocycles. The molecule has 0 spiro atoms. The SMILES string of the molecule is N#Cc1c(Cl)cccc1Oc1cccc(C=O)c1. The summed E-state index contributed by atoms with van der Waals surface area (Å²) in [5, 5.41) is 9.34. The normalized spacial score (nSPS) is 9.56. The molecule has 0 aliphatic rings. The Labute approximate surface area is 109 Å². The number of hydrogen-bond acceptors (Lipinski definition) is 3. The van der Waals surface area contributed by atoms with Crippen molar-refractivity contribution in [1.82, 2.24) is 0 Å². The second-order valence-corrected chi connectivity index (χ2v) is 3.92. The summed E-state index contributed by atoms with van der Waals surface area (Å²) in [4.78, 5) is 10.7. The minimum Gasteiger partial charge on any atom is -0.456 e. The summed E-state index contributed by atoms with van der Waals surface area (Å²) in [6.07, 6.45) is 0.732. The van der Waals surface area contributed by atoms with Gasteiger partial charge in [-0.2, -0.15) is 5.26 Å². The molecule has 0 heterocycles. The van der Waals surface area contributed by atoms with Crippen molar-refractivity contribution in [3.05, 3.63) is 58.6 Å². The van der Waals surface area contributed by atoms with E-state index in [9.17, 15) is 4.79 Å². The van der Waals surface area contributed by atoms with E-state index in [1.54, 1.807) is 42.5 Å². The van der Waals surface area contributed by atoms with Crippen molar-refractivity contribution in [2.45, 2.75) is 0 Å². The number of aldehydes is 1. The largest absolute Gasteiger partial charge is 0.456 e. The Bertz CT molecular complexity index is 632. The molecule has 2 aromatic carbocycles. The van der Waals surface area contributed by atoms with E-state index in [0.717, 1.165) is 6.29 Å². The first-order valence-corrected chi connectivity index (χ1v) is 5.54. The second kappa shape index (κ2) is 5.35. The van der Waals surface area contributed by atoms with Gasteiger partial charge in [-0.3, -0.25) is 4.79 Å². The van der Waals surface area contributed by atoms with E-state index in [1.807, 2.05) is 6.07 Å². The standard InChI is InChI=1S/C14H8ClNO2/c15-13-5-2-6-14(12(13)8-16)18-11-4-1-3-10(7-11)9-17/h1-7,9H. The lowest BCUT2D eigenvalue weighted by Gasteiger charge is -2.08. The summed E-state index contributed by atoms with van der Waals surface area (Å²) in [6.45, 7) is 0. The number of hydrogen-bond donors (Lipinski definition) is 0. The first-order valence-electron chi connectivity index (χ1n) is 5.16. The third kappa shape index (κ3) is 2.50. The van der Waals surface area contributed by atoms with Crippen LogP contribution in [0.3, 0.4) is 0 Å². The highest BCUT2D eigenvalue weighted by molar-refractivity contribution is 6.31. The van der Waals surface area contributed by atoms with Crippen LogP contribution >= 0.6 is 11.6 Å². The molecule has 0 saturated heterocycles. The Morgan fingerprint density at radius 3 is 2.72 bits per heavy atom. The van der Waals surface area contributed by atoms with Crippen LogP contribution in [-0.2, 0) is 0 Å². The quantitative estimate of drug-likeness (QED) is 0.786. The van der Waals surface area contributed by atoms with Crippen LogP contribution in [0.5, 0.6) is 11.5 Å². The van der Waals surface area contributed by atoms with Crippen LogP contribution in [0.25, 0.3) is 0 Å². The van der Waals surface area contributed by atoms with Crippen LogP contribution in [-0.4, -0.2) is 6.29 Å². The maximum atomic E-state index is 10.7. The molecule has 88 valence electrons. The van der Waals surface area contributed by atoms with Gasteiger partial charge in [0.2, 0.25) is 0 Å². The second-order valence-electron chi connectivity index (χ2n) is 3.52. The van der Waals surface area contributed by atoms with Gasteiger partial charge in [-0.25, -0.2) is 0 Å². The predicted octanol–water partition coefficient (Wildman–Crippen LogP) is 3.82. The van der Waals surface area contributed by atoms with Gasteiger partial charge in [-0.15, -0.1) is 0 Å². The minimum atomic E-state index is 0.274. The highest BCUT2D eigenvalue weighted by atomic mass is 35.5. The molecule has 2 rings (SSSR count). The van der Waals surface area contributed by atoms with Crippen LogP contribution < -0.4 is 4.74 Å². The van der Waals surface area contributed by atoms with Crippen LogP contribution in [0.1, 0.15) is 15.9 Å². The number of carbonyl (C=O) groups is 1. The van der Waals surface area contributed by atoms with Gasteiger partial charge in [-0.1, -0.05) is 29.8 Å². The zero-order valence-electron chi connectivity index (χ0n) is 9.26. The summed E-state index contributed by atoms with van der Waals surface area (Å²) >= 11 is 5.90. The lowest BCUT2D eigenvalue weighted by Crippen LogP contribution is -1.90. The van der Waals surface area contributed by atoms with Gasteiger partial charge < -0.3 is 4.74 Å². The van der Waals surface area contributed by atoms with Crippen molar-refractivity contribution in [3.8, 4) is 17.6 Å². The first-order chi connectivity index (χ1) is 8.74. The number of ether oxygens (including phenoxy) is 1. The summed E-state index contributed by atoms with van der Waals surface area (Å²) in [5.74, 6) is 0.853. The molecule has 0 saturated carbocycles. The summed E-state index contributed by atoms with van der Waals surface area (Å²) in [6, 6.07) is 13.6. The molecule has 0 amide bonds. The molecule has 4 heteroatoms. The zero-order chi connectivity index (χ0) is 13.0. The number of benzene rings is 2. The molecule has 0 unspecified atom stereocenters. The van der Waals surface area contributed by atoms with E-state index in [-0.39, 0.29) is 5.56 Å². The number of carbonyl (C=O) groups excluding carboxylic acids is 1. The van der Waals surface area contributed by atoms with Gasteiger partial charge in [0.25, 0.3) is 0 Å². The van der Waals surface area contributed by atoms with E-state index in [0.29, 0.717) is 22.1 Å². The van der Waals surface area contributed by atoms with Crippen molar-refractivity contribution >= 4 is 17.9 Å². The van der Waals surface area contributed by atoms with Gasteiger partial charge >= 0.3 is 0 Å². The monoisotopic (exact) mass is 257 g/mol. The minimum absolute atomic E-state index is 0.274. The fraction of sp³-hybridized carbons (Fsp3) is 0. The van der Waals surface area contributed by atoms with Gasteiger partial charge in [-0.05, 0) is 24.3 Å². The maximum absolute atomic E-state index is 10.7. The molecule has 0 aromatic heterocycles. The number of nitrogens with zero attached hydrogens (tertiary/aromatic N) is 1. The summed E-state index contributed by atoms with van der Waals surface area (Å²) in [7, 11) is 0. The lowest BCUT2D eigenvalue weighted by atomic mass is 10.2. The average Bonchev–Trinajstić information content (AvgIpc) is 2.39. The average molecular weight is 258 g/mol. The van der Waals surface area contributed by atoms with Crippen molar-refractivity contribution in [3.63, 3.8) is 0 Å². The van der Waals surface area contributed by atoms with Crippen LogP contribution in [0.15, 0.2) is 42.5 Å². The van der Waals surface area contributed by atoms with Crippen LogP contribution in [0, 0.1) is 11.3 Å². The first kappa shape index (κ1) is 12.2. The van der Waals surface area contributed by atoms with Gasteiger partial charge in [0, 0.05) is 5.56 Å². The number of rotatable bonds is 3. The number of nitriles is 1. The van der Waals surface area contributed by atoms with E-state index in [4.69, 9.17) is 21.6 Å². The Kier molecular flexibility index (Phi) is 3.61. The maximum Gasteiger partial charge on any atom is 0.150 e. The molecule has 2 aromatic rings. The predicted molar refractivity (Wildman–Crippen MR) is 68.1 cm³/mol. The number of halogens is 1. The molecule has 0 fully saturated rings. The topological polar surface area (TPSA) is 50.1 Å². The fourth-order valence-corrected chi connectivity index (χ4v) is 1.68. The molecular weight excluding hydrogens is 250 g/mol. The Morgan fingerprint density at radius 2 is 2.00 bits per heavy atom. The van der Waals surface area contributed by atoms with Crippen LogP contribution in [0.4, 0.5) is 0 Å². The molecule has 18 heavy (non-hydrogen) atoms. The molecule has 0 radical (unpaired) electrons. The Hall–Kier alpha value is -2.31. The third-order valence-corrected chi connectivity index (χ3v) is 2.62. The molecule has 3 nitrogen and oxygen atoms in total. The third-order valence-electron chi connectivity index (χ3n) is 2.31. The van der Waals surface area contributed by atoms with Crippen molar-refractivity contribution in [2.24, 2.45) is 0 Å². The summed E-state index contributed by atoms with van der Waals surface area (Å²) in [5.41, 5.74) is 0.781. The molecule has 0 bridgehead atoms. The fourth-order valence-electron chi connectivity index (χ4n) is 1.48. The Morgan fingerprint density at radius 1 is 1.22 bits per heavy atom. The molecule has 0 N–H and O–H groups in total. The van der Waals surface area contributed by atoms with E-state index in [1.165, 1.54) is 0 Å². The smallest absolute Gasteiger partial charge is 0.150 e. The lowest BCUT2D eigenvalue weighted by molar-refractivity contribution is 0.112.